The predicted molar refractivity (Wildman–Crippen MR) is 83.2 cm³/mol. The van der Waals surface area contributed by atoms with Crippen molar-refractivity contribution in [3.05, 3.63) is 52.3 Å². The number of nitrogens with one attached hydrogen (secondary N) is 1. The quantitative estimate of drug-likeness (QED) is 0.924. The van der Waals surface area contributed by atoms with E-state index >= 15 is 0 Å². The Morgan fingerprint density at radius 1 is 1.27 bits per heavy atom. The summed E-state index contributed by atoms with van der Waals surface area (Å²) in [7, 11) is 0. The number of amides is 1. The number of carbonyl (C=O) groups is 2. The third-order valence-electron chi connectivity index (χ3n) is 3.67. The summed E-state index contributed by atoms with van der Waals surface area (Å²) in [6, 6.07) is 7.50. The maximum atomic E-state index is 12.3. The molecular formula is C16H14ClN3O2. The summed E-state index contributed by atoms with van der Waals surface area (Å²) in [5.41, 5.74) is 2.28. The number of hydrogen-bond donors (Lipinski definition) is 1. The Bertz CT molecular complexity index is 744. The van der Waals surface area contributed by atoms with Crippen LogP contribution in [0.4, 0.5) is 5.95 Å². The normalized spacial score (nSPS) is 17.0. The number of anilines is 1. The molecule has 1 aliphatic carbocycles. The molecule has 0 spiro atoms. The molecule has 0 radical (unpaired) electrons. The molecule has 1 aromatic heterocycles. The van der Waals surface area contributed by atoms with E-state index in [1.165, 1.54) is 13.1 Å². The second kappa shape index (κ2) is 5.85. The molecule has 1 atom stereocenters. The number of fused-ring (bicyclic) bond motifs is 1. The molecule has 1 amide bonds. The predicted octanol–water partition coefficient (Wildman–Crippen LogP) is 3.00. The Balaban J connectivity index is 1.91. The number of carbonyl (C=O) groups excluding carboxylic acids is 2. The highest BCUT2D eigenvalue weighted by Gasteiger charge is 2.28. The molecule has 0 saturated carbocycles. The molecule has 112 valence electrons. The zero-order valence-electron chi connectivity index (χ0n) is 12.0. The van der Waals surface area contributed by atoms with Gasteiger partial charge < -0.3 is 0 Å². The largest absolute Gasteiger partial charge is 0.295 e. The monoisotopic (exact) mass is 315 g/mol. The van der Waals surface area contributed by atoms with Crippen LogP contribution < -0.4 is 5.32 Å². The number of benzene rings is 1. The zero-order chi connectivity index (χ0) is 15.7. The minimum Gasteiger partial charge on any atom is -0.295 e. The van der Waals surface area contributed by atoms with Gasteiger partial charge in [-0.2, -0.15) is 0 Å². The summed E-state index contributed by atoms with van der Waals surface area (Å²) < 4.78 is 0. The fourth-order valence-electron chi connectivity index (χ4n) is 2.63. The van der Waals surface area contributed by atoms with Crippen molar-refractivity contribution in [1.29, 1.82) is 0 Å². The lowest BCUT2D eigenvalue weighted by Gasteiger charge is -2.23. The van der Waals surface area contributed by atoms with E-state index in [0.717, 1.165) is 5.56 Å². The Labute approximate surface area is 132 Å². The molecule has 0 fully saturated rings. The van der Waals surface area contributed by atoms with Crippen LogP contribution in [0.5, 0.6) is 0 Å². The van der Waals surface area contributed by atoms with E-state index in [1.54, 1.807) is 0 Å². The third-order valence-corrected chi connectivity index (χ3v) is 3.92. The molecule has 0 saturated heterocycles. The molecule has 1 aliphatic rings. The van der Waals surface area contributed by atoms with Crippen LogP contribution in [-0.2, 0) is 11.2 Å². The van der Waals surface area contributed by atoms with Crippen molar-refractivity contribution < 1.29 is 9.59 Å². The smallest absolute Gasteiger partial charge is 0.229 e. The van der Waals surface area contributed by atoms with Crippen molar-refractivity contribution in [3.8, 4) is 0 Å². The Morgan fingerprint density at radius 2 is 2.00 bits per heavy atom. The van der Waals surface area contributed by atoms with Crippen LogP contribution in [0.15, 0.2) is 30.5 Å². The SMILES string of the molecule is CC(=O)Nc1ncc2c(n1)C[C@H](c1ccc(Cl)cc1)CC2=O. The van der Waals surface area contributed by atoms with E-state index in [4.69, 9.17) is 11.6 Å². The Kier molecular flexibility index (Phi) is 3.90. The fraction of sp³-hybridized carbons (Fsp3) is 0.250. The highest BCUT2D eigenvalue weighted by atomic mass is 35.5. The van der Waals surface area contributed by atoms with Gasteiger partial charge in [0, 0.05) is 24.6 Å². The molecule has 6 heteroatoms. The van der Waals surface area contributed by atoms with Gasteiger partial charge in [0.2, 0.25) is 11.9 Å². The summed E-state index contributed by atoms with van der Waals surface area (Å²) in [5.74, 6) is 0.0834. The number of ketones is 1. The molecule has 1 heterocycles. The van der Waals surface area contributed by atoms with Gasteiger partial charge in [-0.25, -0.2) is 9.97 Å². The fourth-order valence-corrected chi connectivity index (χ4v) is 2.76. The first-order valence-electron chi connectivity index (χ1n) is 6.95. The van der Waals surface area contributed by atoms with Crippen LogP contribution in [-0.4, -0.2) is 21.7 Å². The van der Waals surface area contributed by atoms with Gasteiger partial charge in [-0.05, 0) is 30.0 Å². The van der Waals surface area contributed by atoms with Crippen LogP contribution in [0, 0.1) is 0 Å². The summed E-state index contributed by atoms with van der Waals surface area (Å²) >= 11 is 5.90. The molecular weight excluding hydrogens is 302 g/mol. The van der Waals surface area contributed by atoms with Crippen molar-refractivity contribution in [2.45, 2.75) is 25.7 Å². The number of rotatable bonds is 2. The third kappa shape index (κ3) is 2.99. The molecule has 0 unspecified atom stereocenters. The van der Waals surface area contributed by atoms with E-state index in [0.29, 0.717) is 29.1 Å². The molecule has 1 N–H and O–H groups in total. The standard InChI is InChI=1S/C16H14ClN3O2/c1-9(21)19-16-18-8-13-14(20-16)6-11(7-15(13)22)10-2-4-12(17)5-3-10/h2-5,8,11H,6-7H2,1H3,(H,18,19,20,21)/t11-/m0/s1. The average molecular weight is 316 g/mol. The number of hydrogen-bond acceptors (Lipinski definition) is 4. The van der Waals surface area contributed by atoms with E-state index in [2.05, 4.69) is 15.3 Å². The van der Waals surface area contributed by atoms with Gasteiger partial charge in [0.25, 0.3) is 0 Å². The van der Waals surface area contributed by atoms with Crippen molar-refractivity contribution >= 4 is 29.2 Å². The van der Waals surface area contributed by atoms with Gasteiger partial charge in [-0.3, -0.25) is 14.9 Å². The van der Waals surface area contributed by atoms with Crippen LogP contribution in [0.1, 0.15) is 40.9 Å². The van der Waals surface area contributed by atoms with Gasteiger partial charge in [0.1, 0.15) is 0 Å². The minimum absolute atomic E-state index is 0.0237. The van der Waals surface area contributed by atoms with Crippen molar-refractivity contribution in [2.24, 2.45) is 0 Å². The molecule has 1 aromatic carbocycles. The molecule has 0 aliphatic heterocycles. The molecule has 22 heavy (non-hydrogen) atoms. The first-order valence-corrected chi connectivity index (χ1v) is 7.33. The molecule has 3 rings (SSSR count). The maximum Gasteiger partial charge on any atom is 0.229 e. The lowest BCUT2D eigenvalue weighted by Crippen LogP contribution is -2.22. The maximum absolute atomic E-state index is 12.3. The first-order chi connectivity index (χ1) is 10.5. The van der Waals surface area contributed by atoms with E-state index in [1.807, 2.05) is 24.3 Å². The van der Waals surface area contributed by atoms with Gasteiger partial charge in [-0.1, -0.05) is 23.7 Å². The molecule has 0 bridgehead atoms. The summed E-state index contributed by atoms with van der Waals surface area (Å²) in [4.78, 5) is 31.7. The van der Waals surface area contributed by atoms with Crippen LogP contribution >= 0.6 is 11.6 Å². The van der Waals surface area contributed by atoms with E-state index in [9.17, 15) is 9.59 Å². The van der Waals surface area contributed by atoms with E-state index in [-0.39, 0.29) is 23.6 Å². The van der Waals surface area contributed by atoms with Crippen LogP contribution in [0.3, 0.4) is 0 Å². The van der Waals surface area contributed by atoms with Crippen molar-refractivity contribution in [1.82, 2.24) is 9.97 Å². The zero-order valence-corrected chi connectivity index (χ0v) is 12.7. The summed E-state index contributed by atoms with van der Waals surface area (Å²) in [6.45, 7) is 1.39. The molecule has 2 aromatic rings. The van der Waals surface area contributed by atoms with Gasteiger partial charge in [0.05, 0.1) is 11.3 Å². The highest BCUT2D eigenvalue weighted by molar-refractivity contribution is 6.30. The van der Waals surface area contributed by atoms with Crippen LogP contribution in [0.2, 0.25) is 5.02 Å². The summed E-state index contributed by atoms with van der Waals surface area (Å²) in [5, 5.41) is 3.21. The number of halogens is 1. The first kappa shape index (κ1) is 14.7. The molecule has 5 nitrogen and oxygen atoms in total. The second-order valence-corrected chi connectivity index (χ2v) is 5.75. The number of nitrogens with zero attached hydrogens (tertiary/aromatic N) is 2. The van der Waals surface area contributed by atoms with E-state index < -0.39 is 0 Å². The van der Waals surface area contributed by atoms with Crippen molar-refractivity contribution in [2.75, 3.05) is 5.32 Å². The highest BCUT2D eigenvalue weighted by Crippen LogP contribution is 2.32. The topological polar surface area (TPSA) is 72.0 Å². The van der Waals surface area contributed by atoms with Gasteiger partial charge in [0.15, 0.2) is 5.78 Å². The van der Waals surface area contributed by atoms with Gasteiger partial charge in [-0.15, -0.1) is 0 Å². The average Bonchev–Trinajstić information content (AvgIpc) is 2.47. The van der Waals surface area contributed by atoms with Crippen LogP contribution in [0.25, 0.3) is 0 Å². The van der Waals surface area contributed by atoms with Crippen molar-refractivity contribution in [3.63, 3.8) is 0 Å². The minimum atomic E-state index is -0.240. The Hall–Kier alpha value is -2.27. The Morgan fingerprint density at radius 3 is 2.68 bits per heavy atom. The lowest BCUT2D eigenvalue weighted by atomic mass is 9.82. The lowest BCUT2D eigenvalue weighted by molar-refractivity contribution is -0.114. The number of aromatic nitrogens is 2. The second-order valence-electron chi connectivity index (χ2n) is 5.32. The number of Topliss-reactive ketones (excluding diaryl/α,β-unsaturated/α-hetero) is 1. The summed E-state index contributed by atoms with van der Waals surface area (Å²) in [6.07, 6.45) is 2.56. The van der Waals surface area contributed by atoms with Gasteiger partial charge >= 0.3 is 0 Å².